The molecular weight excluding hydrogens is 711 g/mol. The van der Waals surface area contributed by atoms with Crippen molar-refractivity contribution in [2.24, 2.45) is 0 Å². The zero-order valence-corrected chi connectivity index (χ0v) is 34.1. The van der Waals surface area contributed by atoms with Crippen molar-refractivity contribution in [3.8, 4) is 0 Å². The van der Waals surface area contributed by atoms with Crippen LogP contribution in [-0.2, 0) is 37.5 Å². The van der Waals surface area contributed by atoms with Crippen molar-refractivity contribution in [2.45, 2.75) is 161 Å². The van der Waals surface area contributed by atoms with Crippen LogP contribution < -0.4 is 0 Å². The Bertz CT molecular complexity index is 1150. The third-order valence-corrected chi connectivity index (χ3v) is 9.07. The highest BCUT2D eigenvalue weighted by atomic mass is 31.2. The molecule has 0 rings (SSSR count). The van der Waals surface area contributed by atoms with E-state index in [-0.39, 0.29) is 31.5 Å². The van der Waals surface area contributed by atoms with E-state index in [1.54, 1.807) is 6.08 Å². The van der Waals surface area contributed by atoms with Crippen molar-refractivity contribution in [1.29, 1.82) is 0 Å². The Kier molecular flexibility index (Phi) is 35.4. The van der Waals surface area contributed by atoms with Crippen molar-refractivity contribution in [3.63, 3.8) is 0 Å². The highest BCUT2D eigenvalue weighted by Gasteiger charge is 2.27. The van der Waals surface area contributed by atoms with E-state index in [9.17, 15) is 28.9 Å². The van der Waals surface area contributed by atoms with Gasteiger partial charge in [0.15, 0.2) is 11.9 Å². The van der Waals surface area contributed by atoms with Gasteiger partial charge in [0.1, 0.15) is 12.7 Å². The summed E-state index contributed by atoms with van der Waals surface area (Å²) in [5.41, 5.74) is 0. The fourth-order valence-corrected chi connectivity index (χ4v) is 5.73. The molecule has 0 saturated carbocycles. The van der Waals surface area contributed by atoms with E-state index in [4.69, 9.17) is 19.1 Å². The van der Waals surface area contributed by atoms with Crippen LogP contribution >= 0.6 is 7.82 Å². The van der Waals surface area contributed by atoms with Gasteiger partial charge in [-0.25, -0.2) is 4.57 Å². The second-order valence-electron chi connectivity index (χ2n) is 13.3. The van der Waals surface area contributed by atoms with Crippen LogP contribution in [-0.4, -0.2) is 71.5 Å². The zero-order valence-electron chi connectivity index (χ0n) is 33.2. The molecular formula is C42H71O11P. The maximum absolute atomic E-state index is 12.6. The predicted molar refractivity (Wildman–Crippen MR) is 215 cm³/mol. The molecule has 0 aromatic rings. The lowest BCUT2D eigenvalue weighted by Gasteiger charge is -2.20. The fraction of sp³-hybridized carbons (Fsp3) is 0.690. The first-order chi connectivity index (χ1) is 26.1. The number of esters is 2. The van der Waals surface area contributed by atoms with E-state index >= 15 is 0 Å². The third-order valence-electron chi connectivity index (χ3n) is 8.12. The number of hydrogen-bond acceptors (Lipinski definition) is 10. The van der Waals surface area contributed by atoms with Crippen LogP contribution in [0.25, 0.3) is 0 Å². The van der Waals surface area contributed by atoms with Crippen molar-refractivity contribution < 1.29 is 52.6 Å². The maximum atomic E-state index is 12.6. The van der Waals surface area contributed by atoms with Crippen LogP contribution in [0.3, 0.4) is 0 Å². The molecule has 0 radical (unpaired) electrons. The lowest BCUT2D eigenvalue weighted by molar-refractivity contribution is -0.161. The molecule has 0 heterocycles. The summed E-state index contributed by atoms with van der Waals surface area (Å²) in [6.07, 6.45) is 36.2. The quantitative estimate of drug-likeness (QED) is 0.0137. The number of aliphatic hydroxyl groups is 2. The lowest BCUT2D eigenvalue weighted by atomic mass is 10.1. The molecule has 0 aliphatic heterocycles. The monoisotopic (exact) mass is 782 g/mol. The Hall–Kier alpha value is -2.66. The van der Waals surface area contributed by atoms with E-state index in [0.717, 1.165) is 57.8 Å². The molecule has 54 heavy (non-hydrogen) atoms. The van der Waals surface area contributed by atoms with E-state index in [0.29, 0.717) is 6.42 Å². The van der Waals surface area contributed by atoms with Crippen LogP contribution in [0.1, 0.15) is 149 Å². The second kappa shape index (κ2) is 37.3. The van der Waals surface area contributed by atoms with Crippen LogP contribution in [0, 0.1) is 0 Å². The first-order valence-electron chi connectivity index (χ1n) is 20.2. The van der Waals surface area contributed by atoms with Gasteiger partial charge in [-0.15, -0.1) is 0 Å². The number of hydrogen-bond donors (Lipinski definition) is 3. The summed E-state index contributed by atoms with van der Waals surface area (Å²) in [4.78, 5) is 47.0. The molecule has 0 aromatic heterocycles. The fourth-order valence-electron chi connectivity index (χ4n) is 4.94. The normalized spacial score (nSPS) is 14.5. The number of phosphoric ester groups is 1. The Morgan fingerprint density at radius 3 is 1.83 bits per heavy atom. The zero-order chi connectivity index (χ0) is 40.0. The number of phosphoric acid groups is 1. The highest BCUT2D eigenvalue weighted by molar-refractivity contribution is 7.47. The van der Waals surface area contributed by atoms with Gasteiger partial charge < -0.3 is 24.6 Å². The molecule has 0 saturated heterocycles. The molecule has 0 aromatic carbocycles. The standard InChI is InChI=1S/C42H71O11P/c1-3-5-7-9-11-13-15-17-19-21-23-25-27-30-38(44)31-29-33-41(46)50-36-40(37-52-54(48,49)51-35-39(45)34-43)53-42(47)32-28-26-24-22-20-18-16-14-12-10-8-6-4-2/h11,13-14,16-17,19,23,25,27,30,39-40,43,45H,3-10,12,15,18,20-22,24,26,28-29,31-37H2,1-2H3,(H,48,49)/b13-11-,16-14-,19-17-,25-23-,30-27+/t39-,40+/m0/s1. The minimum Gasteiger partial charge on any atom is -0.462 e. The molecule has 11 nitrogen and oxygen atoms in total. The molecule has 1 unspecified atom stereocenters. The van der Waals surface area contributed by atoms with Crippen LogP contribution in [0.15, 0.2) is 60.8 Å². The Balaban J connectivity index is 4.56. The average molecular weight is 783 g/mol. The molecule has 3 N–H and O–H groups in total. The van der Waals surface area contributed by atoms with Gasteiger partial charge in [0.25, 0.3) is 0 Å². The summed E-state index contributed by atoms with van der Waals surface area (Å²) < 4.78 is 32.4. The summed E-state index contributed by atoms with van der Waals surface area (Å²) in [5, 5.41) is 18.3. The van der Waals surface area contributed by atoms with E-state index in [1.807, 2.05) is 12.2 Å². The highest BCUT2D eigenvalue weighted by Crippen LogP contribution is 2.43. The second-order valence-corrected chi connectivity index (χ2v) is 14.8. The van der Waals surface area contributed by atoms with E-state index in [2.05, 4.69) is 54.8 Å². The smallest absolute Gasteiger partial charge is 0.462 e. The lowest BCUT2D eigenvalue weighted by Crippen LogP contribution is -2.29. The average Bonchev–Trinajstić information content (AvgIpc) is 3.15. The maximum Gasteiger partial charge on any atom is 0.472 e. The molecule has 0 aliphatic rings. The summed E-state index contributed by atoms with van der Waals surface area (Å²) in [6.45, 7) is 2.02. The number of ketones is 1. The minimum atomic E-state index is -4.67. The Labute approximate surface area is 325 Å². The van der Waals surface area contributed by atoms with Crippen molar-refractivity contribution >= 4 is 25.5 Å². The number of ether oxygens (including phenoxy) is 2. The molecule has 3 atom stereocenters. The van der Waals surface area contributed by atoms with Crippen molar-refractivity contribution in [2.75, 3.05) is 26.4 Å². The molecule has 0 amide bonds. The van der Waals surface area contributed by atoms with Gasteiger partial charge in [0.05, 0.1) is 19.8 Å². The van der Waals surface area contributed by atoms with Gasteiger partial charge in [-0.05, 0) is 70.3 Å². The van der Waals surface area contributed by atoms with Crippen LogP contribution in [0.4, 0.5) is 0 Å². The number of aliphatic hydroxyl groups excluding tert-OH is 2. The topological polar surface area (TPSA) is 166 Å². The summed E-state index contributed by atoms with van der Waals surface area (Å²) in [5.74, 6) is -1.33. The molecule has 0 bridgehead atoms. The number of allylic oxidation sites excluding steroid dienone is 10. The minimum absolute atomic E-state index is 0.0514. The predicted octanol–water partition coefficient (Wildman–Crippen LogP) is 9.51. The molecule has 310 valence electrons. The molecule has 0 aliphatic carbocycles. The number of carbonyl (C=O) groups excluding carboxylic acids is 3. The largest absolute Gasteiger partial charge is 0.472 e. The van der Waals surface area contributed by atoms with E-state index < -0.39 is 58.4 Å². The van der Waals surface area contributed by atoms with Gasteiger partial charge >= 0.3 is 19.8 Å². The first-order valence-corrected chi connectivity index (χ1v) is 21.7. The molecule has 0 spiro atoms. The Morgan fingerprint density at radius 2 is 1.15 bits per heavy atom. The number of unbranched alkanes of at least 4 members (excludes halogenated alkanes) is 12. The van der Waals surface area contributed by atoms with Gasteiger partial charge in [-0.3, -0.25) is 23.4 Å². The van der Waals surface area contributed by atoms with E-state index in [1.165, 1.54) is 51.0 Å². The number of carbonyl (C=O) groups is 3. The summed E-state index contributed by atoms with van der Waals surface area (Å²) in [7, 11) is -4.67. The van der Waals surface area contributed by atoms with Crippen LogP contribution in [0.5, 0.6) is 0 Å². The molecule has 12 heteroatoms. The van der Waals surface area contributed by atoms with Gasteiger partial charge in [-0.2, -0.15) is 0 Å². The van der Waals surface area contributed by atoms with Gasteiger partial charge in [0.2, 0.25) is 0 Å². The number of rotatable bonds is 37. The first kappa shape index (κ1) is 51.3. The Morgan fingerprint density at radius 1 is 0.611 bits per heavy atom. The third kappa shape index (κ3) is 36.3. The summed E-state index contributed by atoms with van der Waals surface area (Å²) >= 11 is 0. The molecule has 0 fully saturated rings. The SMILES string of the molecule is CCCCC/C=C\C/C=C\C/C=C\C=C\C(=O)CCCC(=O)OC[C@H](COP(=O)(O)OC[C@@H](O)CO)OC(=O)CCCCCCC/C=C\CCCCCC. The van der Waals surface area contributed by atoms with Crippen LogP contribution in [0.2, 0.25) is 0 Å². The van der Waals surface area contributed by atoms with Gasteiger partial charge in [-0.1, -0.05) is 120 Å². The van der Waals surface area contributed by atoms with Gasteiger partial charge in [0, 0.05) is 19.3 Å². The summed E-state index contributed by atoms with van der Waals surface area (Å²) in [6, 6.07) is 0. The van der Waals surface area contributed by atoms with Crippen molar-refractivity contribution in [3.05, 3.63) is 60.8 Å². The van der Waals surface area contributed by atoms with Crippen molar-refractivity contribution in [1.82, 2.24) is 0 Å².